The Morgan fingerprint density at radius 3 is 2.62 bits per heavy atom. The smallest absolute Gasteiger partial charge is 0.312 e. The molecule has 0 aliphatic carbocycles. The van der Waals surface area contributed by atoms with Gasteiger partial charge in [-0.2, -0.15) is 10.2 Å². The summed E-state index contributed by atoms with van der Waals surface area (Å²) < 4.78 is 8.28. The highest BCUT2D eigenvalue weighted by Crippen LogP contribution is 2.22. The van der Waals surface area contributed by atoms with Crippen molar-refractivity contribution in [3.8, 4) is 0 Å². The van der Waals surface area contributed by atoms with Gasteiger partial charge in [0.15, 0.2) is 0 Å². The van der Waals surface area contributed by atoms with E-state index in [1.54, 1.807) is 67.0 Å². The van der Waals surface area contributed by atoms with Gasteiger partial charge in [-0.15, -0.1) is 0 Å². The van der Waals surface area contributed by atoms with E-state index in [4.69, 9.17) is 4.74 Å². The Kier molecular flexibility index (Phi) is 6.03. The zero-order chi connectivity index (χ0) is 21.0. The molecule has 1 amide bonds. The quantitative estimate of drug-likeness (QED) is 0.460. The number of nitrogens with zero attached hydrogens (tertiary/aromatic N) is 5. The number of carbonyl (C=O) groups is 1. The molecule has 0 atom stereocenters. The van der Waals surface area contributed by atoms with Crippen molar-refractivity contribution in [1.82, 2.24) is 19.6 Å². The SMILES string of the molecule is COCCn1cc(NC(=O)c2ccc(Cn3nc(C)c([N+](=O)[O-])c3C)cc2)cn1. The van der Waals surface area contributed by atoms with Crippen LogP contribution < -0.4 is 5.32 Å². The van der Waals surface area contributed by atoms with Crippen LogP contribution >= 0.6 is 0 Å². The molecular weight excluding hydrogens is 376 g/mol. The Morgan fingerprint density at radius 1 is 1.28 bits per heavy atom. The lowest BCUT2D eigenvalue weighted by Gasteiger charge is -2.06. The number of aromatic nitrogens is 4. The molecule has 0 aliphatic heterocycles. The monoisotopic (exact) mass is 398 g/mol. The second-order valence-corrected chi connectivity index (χ2v) is 6.57. The van der Waals surface area contributed by atoms with Gasteiger partial charge in [0.05, 0.1) is 36.5 Å². The van der Waals surface area contributed by atoms with Gasteiger partial charge in [-0.25, -0.2) is 0 Å². The highest BCUT2D eigenvalue weighted by atomic mass is 16.6. The minimum Gasteiger partial charge on any atom is -0.383 e. The molecule has 3 aromatic rings. The van der Waals surface area contributed by atoms with E-state index in [-0.39, 0.29) is 11.6 Å². The number of anilines is 1. The number of carbonyl (C=O) groups excluding carboxylic acids is 1. The fourth-order valence-corrected chi connectivity index (χ4v) is 2.98. The van der Waals surface area contributed by atoms with Crippen molar-refractivity contribution in [2.45, 2.75) is 26.9 Å². The first-order chi connectivity index (χ1) is 13.9. The van der Waals surface area contributed by atoms with Crippen molar-refractivity contribution in [3.63, 3.8) is 0 Å². The van der Waals surface area contributed by atoms with Crippen LogP contribution in [0.25, 0.3) is 0 Å². The maximum atomic E-state index is 12.4. The summed E-state index contributed by atoms with van der Waals surface area (Å²) in [5, 5.41) is 22.3. The molecule has 3 rings (SSSR count). The zero-order valence-corrected chi connectivity index (χ0v) is 16.5. The maximum Gasteiger partial charge on any atom is 0.312 e. The summed E-state index contributed by atoms with van der Waals surface area (Å²) in [6.45, 7) is 4.81. The third kappa shape index (κ3) is 4.66. The van der Waals surface area contributed by atoms with E-state index in [0.717, 1.165) is 5.56 Å². The Bertz CT molecular complexity index is 1020. The van der Waals surface area contributed by atoms with Crippen LogP contribution in [0.3, 0.4) is 0 Å². The molecule has 0 unspecified atom stereocenters. The lowest BCUT2D eigenvalue weighted by atomic mass is 10.1. The number of methoxy groups -OCH3 is 1. The summed E-state index contributed by atoms with van der Waals surface area (Å²) in [5.41, 5.74) is 2.90. The topological polar surface area (TPSA) is 117 Å². The molecule has 2 heterocycles. The Hall–Kier alpha value is -3.53. The summed E-state index contributed by atoms with van der Waals surface area (Å²) in [6.07, 6.45) is 3.32. The van der Waals surface area contributed by atoms with Gasteiger partial charge in [0.25, 0.3) is 5.91 Å². The van der Waals surface area contributed by atoms with Crippen LogP contribution in [0.2, 0.25) is 0 Å². The van der Waals surface area contributed by atoms with Gasteiger partial charge in [-0.3, -0.25) is 24.3 Å². The number of ether oxygens (including phenoxy) is 1. The van der Waals surface area contributed by atoms with E-state index in [1.807, 2.05) is 0 Å². The first-order valence-corrected chi connectivity index (χ1v) is 8.99. The van der Waals surface area contributed by atoms with Gasteiger partial charge in [-0.1, -0.05) is 12.1 Å². The largest absolute Gasteiger partial charge is 0.383 e. The number of nitro groups is 1. The summed E-state index contributed by atoms with van der Waals surface area (Å²) in [7, 11) is 1.62. The molecule has 0 bridgehead atoms. The number of benzene rings is 1. The molecule has 0 spiro atoms. The van der Waals surface area contributed by atoms with Crippen LogP contribution in [0, 0.1) is 24.0 Å². The second kappa shape index (κ2) is 8.65. The van der Waals surface area contributed by atoms with E-state index in [2.05, 4.69) is 15.5 Å². The van der Waals surface area contributed by atoms with Crippen LogP contribution in [0.1, 0.15) is 27.3 Å². The molecule has 2 aromatic heterocycles. The summed E-state index contributed by atoms with van der Waals surface area (Å²) in [5.74, 6) is -0.246. The van der Waals surface area contributed by atoms with Crippen molar-refractivity contribution in [3.05, 3.63) is 69.3 Å². The fraction of sp³-hybridized carbons (Fsp3) is 0.316. The normalized spacial score (nSPS) is 10.9. The van der Waals surface area contributed by atoms with Gasteiger partial charge in [-0.05, 0) is 31.5 Å². The molecule has 0 radical (unpaired) electrons. The summed E-state index contributed by atoms with van der Waals surface area (Å²) >= 11 is 0. The fourth-order valence-electron chi connectivity index (χ4n) is 2.98. The predicted molar refractivity (Wildman–Crippen MR) is 106 cm³/mol. The van der Waals surface area contributed by atoms with Crippen LogP contribution in [0.4, 0.5) is 11.4 Å². The standard InChI is InChI=1S/C19H22N6O4/c1-13-18(25(27)28)14(2)24(22-13)11-15-4-6-16(7-5-15)19(26)21-17-10-20-23(12-17)8-9-29-3/h4-7,10,12H,8-9,11H2,1-3H3,(H,21,26). The lowest BCUT2D eigenvalue weighted by molar-refractivity contribution is -0.386. The van der Waals surface area contributed by atoms with E-state index in [9.17, 15) is 14.9 Å². The molecule has 0 fully saturated rings. The maximum absolute atomic E-state index is 12.4. The molecule has 0 saturated carbocycles. The first-order valence-electron chi connectivity index (χ1n) is 8.99. The molecule has 0 saturated heterocycles. The molecular formula is C19H22N6O4. The Morgan fingerprint density at radius 2 is 2.00 bits per heavy atom. The van der Waals surface area contributed by atoms with Crippen molar-refractivity contribution in [2.75, 3.05) is 19.0 Å². The Balaban J connectivity index is 1.65. The summed E-state index contributed by atoms with van der Waals surface area (Å²) in [4.78, 5) is 23.1. The van der Waals surface area contributed by atoms with Crippen molar-refractivity contribution < 1.29 is 14.5 Å². The van der Waals surface area contributed by atoms with Crippen LogP contribution in [-0.2, 0) is 17.8 Å². The van der Waals surface area contributed by atoms with Gasteiger partial charge in [0.1, 0.15) is 11.4 Å². The lowest BCUT2D eigenvalue weighted by Crippen LogP contribution is -2.12. The van der Waals surface area contributed by atoms with Gasteiger partial charge in [0, 0.05) is 18.9 Å². The van der Waals surface area contributed by atoms with Crippen molar-refractivity contribution in [1.29, 1.82) is 0 Å². The minimum atomic E-state index is -0.418. The number of aryl methyl sites for hydroxylation is 1. The molecule has 10 heteroatoms. The van der Waals surface area contributed by atoms with Crippen LogP contribution in [0.15, 0.2) is 36.7 Å². The second-order valence-electron chi connectivity index (χ2n) is 6.57. The predicted octanol–water partition coefficient (Wildman–Crippen LogP) is 2.55. The van der Waals surface area contributed by atoms with E-state index < -0.39 is 4.92 Å². The number of hydrogen-bond donors (Lipinski definition) is 1. The molecule has 10 nitrogen and oxygen atoms in total. The van der Waals surface area contributed by atoms with Crippen LogP contribution in [0.5, 0.6) is 0 Å². The first kappa shape index (κ1) is 20.2. The van der Waals surface area contributed by atoms with Crippen molar-refractivity contribution in [2.24, 2.45) is 0 Å². The number of hydrogen-bond acceptors (Lipinski definition) is 6. The van der Waals surface area contributed by atoms with Gasteiger partial charge < -0.3 is 10.1 Å². The third-order valence-electron chi connectivity index (χ3n) is 4.49. The van der Waals surface area contributed by atoms with Crippen LogP contribution in [-0.4, -0.2) is 44.1 Å². The van der Waals surface area contributed by atoms with E-state index >= 15 is 0 Å². The minimum absolute atomic E-state index is 0.0343. The van der Waals surface area contributed by atoms with E-state index in [0.29, 0.717) is 42.3 Å². The average molecular weight is 398 g/mol. The highest BCUT2D eigenvalue weighted by Gasteiger charge is 2.21. The molecule has 152 valence electrons. The van der Waals surface area contributed by atoms with Gasteiger partial charge in [0.2, 0.25) is 0 Å². The van der Waals surface area contributed by atoms with Crippen molar-refractivity contribution >= 4 is 17.3 Å². The molecule has 29 heavy (non-hydrogen) atoms. The molecule has 0 aliphatic rings. The molecule has 1 aromatic carbocycles. The summed E-state index contributed by atoms with van der Waals surface area (Å²) in [6, 6.07) is 7.03. The molecule has 1 N–H and O–H groups in total. The average Bonchev–Trinajstić information content (AvgIpc) is 3.24. The number of nitrogens with one attached hydrogen (secondary N) is 1. The number of amides is 1. The van der Waals surface area contributed by atoms with Gasteiger partial charge >= 0.3 is 5.69 Å². The van der Waals surface area contributed by atoms with E-state index in [1.165, 1.54) is 0 Å². The number of rotatable bonds is 8. The zero-order valence-electron chi connectivity index (χ0n) is 16.5. The highest BCUT2D eigenvalue weighted by molar-refractivity contribution is 6.04. The Labute approximate surface area is 167 Å². The third-order valence-corrected chi connectivity index (χ3v) is 4.49.